The average Bonchev–Trinajstić information content (AvgIpc) is 3.15. The predicted molar refractivity (Wildman–Crippen MR) is 93.0 cm³/mol. The Morgan fingerprint density at radius 1 is 1.30 bits per heavy atom. The maximum Gasteiger partial charge on any atom is 0.251 e. The van der Waals surface area contributed by atoms with Gasteiger partial charge in [-0.2, -0.15) is 0 Å². The molecule has 4 atom stereocenters. The third-order valence-electron chi connectivity index (χ3n) is 5.32. The summed E-state index contributed by atoms with van der Waals surface area (Å²) in [5.41, 5.74) is 0.549. The molecule has 3 rings (SSSR count). The van der Waals surface area contributed by atoms with Crippen LogP contribution in [0.1, 0.15) is 43.0 Å². The van der Waals surface area contributed by atoms with Crippen molar-refractivity contribution < 1.29 is 9.59 Å². The molecule has 2 bridgehead atoms. The maximum absolute atomic E-state index is 12.1. The zero-order valence-corrected chi connectivity index (χ0v) is 14.9. The molecule has 2 amide bonds. The van der Waals surface area contributed by atoms with E-state index in [1.54, 1.807) is 18.2 Å². The van der Waals surface area contributed by atoms with Crippen molar-refractivity contribution in [3.05, 3.63) is 34.3 Å². The minimum atomic E-state index is -0.228. The standard InChI is InChI=1S/C18H23BrN2O2/c1-11(16-8-12-5-6-13(16)7-12)21-17(22)10-20-18(23)14-3-2-4-15(19)9-14/h2-4,9,11-13,16H,5-8,10H2,1H3,(H,20,23)(H,21,22). The van der Waals surface area contributed by atoms with Crippen molar-refractivity contribution >= 4 is 27.7 Å². The van der Waals surface area contributed by atoms with Gasteiger partial charge in [0.15, 0.2) is 0 Å². The molecule has 124 valence electrons. The van der Waals surface area contributed by atoms with Gasteiger partial charge in [-0.25, -0.2) is 0 Å². The second-order valence-corrected chi connectivity index (χ2v) is 7.80. The zero-order valence-electron chi connectivity index (χ0n) is 13.3. The second-order valence-electron chi connectivity index (χ2n) is 6.89. The van der Waals surface area contributed by atoms with E-state index >= 15 is 0 Å². The van der Waals surface area contributed by atoms with E-state index in [1.165, 1.54) is 25.7 Å². The Labute approximate surface area is 145 Å². The topological polar surface area (TPSA) is 58.2 Å². The Morgan fingerprint density at radius 3 is 2.78 bits per heavy atom. The number of hydrogen-bond acceptors (Lipinski definition) is 2. The fraction of sp³-hybridized carbons (Fsp3) is 0.556. The number of amides is 2. The van der Waals surface area contributed by atoms with E-state index in [9.17, 15) is 9.59 Å². The summed E-state index contributed by atoms with van der Waals surface area (Å²) < 4.78 is 0.847. The number of carbonyl (C=O) groups is 2. The molecule has 23 heavy (non-hydrogen) atoms. The van der Waals surface area contributed by atoms with Gasteiger partial charge in [-0.15, -0.1) is 0 Å². The molecule has 1 aromatic rings. The van der Waals surface area contributed by atoms with Gasteiger partial charge in [-0.3, -0.25) is 9.59 Å². The van der Waals surface area contributed by atoms with Crippen molar-refractivity contribution in [2.75, 3.05) is 6.54 Å². The molecule has 4 unspecified atom stereocenters. The van der Waals surface area contributed by atoms with Gasteiger partial charge in [0.1, 0.15) is 0 Å². The van der Waals surface area contributed by atoms with Crippen LogP contribution in [-0.2, 0) is 4.79 Å². The molecule has 0 radical (unpaired) electrons. The molecule has 2 aliphatic rings. The van der Waals surface area contributed by atoms with Gasteiger partial charge in [0.25, 0.3) is 5.91 Å². The van der Waals surface area contributed by atoms with Crippen LogP contribution in [0.4, 0.5) is 0 Å². The third-order valence-corrected chi connectivity index (χ3v) is 5.81. The number of nitrogens with one attached hydrogen (secondary N) is 2. The third kappa shape index (κ3) is 3.94. The quantitative estimate of drug-likeness (QED) is 0.826. The van der Waals surface area contributed by atoms with Crippen molar-refractivity contribution in [2.24, 2.45) is 17.8 Å². The number of hydrogen-bond donors (Lipinski definition) is 2. The smallest absolute Gasteiger partial charge is 0.251 e. The van der Waals surface area contributed by atoms with Gasteiger partial charge in [-0.05, 0) is 62.1 Å². The normalized spacial score (nSPS) is 26.8. The molecular weight excluding hydrogens is 356 g/mol. The van der Waals surface area contributed by atoms with Gasteiger partial charge in [0.2, 0.25) is 5.91 Å². The Bertz CT molecular complexity index is 604. The van der Waals surface area contributed by atoms with Crippen LogP contribution in [0.15, 0.2) is 28.7 Å². The van der Waals surface area contributed by atoms with Crippen molar-refractivity contribution in [3.8, 4) is 0 Å². The zero-order chi connectivity index (χ0) is 16.4. The lowest BCUT2D eigenvalue weighted by Crippen LogP contribution is -2.44. The summed E-state index contributed by atoms with van der Waals surface area (Å²) in [6.07, 6.45) is 5.26. The molecule has 0 spiro atoms. The molecule has 2 aliphatic carbocycles. The van der Waals surface area contributed by atoms with E-state index in [4.69, 9.17) is 0 Å². The summed E-state index contributed by atoms with van der Waals surface area (Å²) in [6.45, 7) is 2.12. The van der Waals surface area contributed by atoms with Crippen molar-refractivity contribution in [3.63, 3.8) is 0 Å². The minimum Gasteiger partial charge on any atom is -0.352 e. The number of fused-ring (bicyclic) bond motifs is 2. The highest BCUT2D eigenvalue weighted by Crippen LogP contribution is 2.49. The van der Waals surface area contributed by atoms with Crippen LogP contribution in [-0.4, -0.2) is 24.4 Å². The highest BCUT2D eigenvalue weighted by atomic mass is 79.9. The minimum absolute atomic E-state index is 0.0243. The van der Waals surface area contributed by atoms with E-state index < -0.39 is 0 Å². The molecule has 0 aliphatic heterocycles. The fourth-order valence-corrected chi connectivity index (χ4v) is 4.61. The molecule has 0 heterocycles. The fourth-order valence-electron chi connectivity index (χ4n) is 4.21. The predicted octanol–water partition coefficient (Wildman–Crippen LogP) is 3.12. The van der Waals surface area contributed by atoms with Gasteiger partial charge in [0.05, 0.1) is 6.54 Å². The average molecular weight is 379 g/mol. The second kappa shape index (κ2) is 7.04. The van der Waals surface area contributed by atoms with Crippen LogP contribution >= 0.6 is 15.9 Å². The van der Waals surface area contributed by atoms with Crippen LogP contribution in [0.5, 0.6) is 0 Å². The Balaban J connectivity index is 1.45. The molecule has 2 N–H and O–H groups in total. The van der Waals surface area contributed by atoms with Crippen LogP contribution in [0.3, 0.4) is 0 Å². The van der Waals surface area contributed by atoms with E-state index in [-0.39, 0.29) is 24.4 Å². The van der Waals surface area contributed by atoms with Gasteiger partial charge in [0, 0.05) is 16.1 Å². The van der Waals surface area contributed by atoms with E-state index in [1.807, 2.05) is 6.07 Å². The lowest BCUT2D eigenvalue weighted by Gasteiger charge is -2.28. The Kier molecular flexibility index (Phi) is 5.05. The largest absolute Gasteiger partial charge is 0.352 e. The monoisotopic (exact) mass is 378 g/mol. The first-order valence-corrected chi connectivity index (χ1v) is 9.15. The van der Waals surface area contributed by atoms with Gasteiger partial charge < -0.3 is 10.6 Å². The Hall–Kier alpha value is -1.36. The molecule has 0 saturated heterocycles. The van der Waals surface area contributed by atoms with E-state index in [0.717, 1.165) is 16.3 Å². The number of carbonyl (C=O) groups excluding carboxylic acids is 2. The van der Waals surface area contributed by atoms with Gasteiger partial charge in [-0.1, -0.05) is 28.4 Å². The molecule has 2 saturated carbocycles. The lowest BCUT2D eigenvalue weighted by molar-refractivity contribution is -0.121. The van der Waals surface area contributed by atoms with Crippen molar-refractivity contribution in [2.45, 2.75) is 38.6 Å². The van der Waals surface area contributed by atoms with E-state index in [2.05, 4.69) is 33.5 Å². The van der Waals surface area contributed by atoms with Crippen LogP contribution in [0.25, 0.3) is 0 Å². The molecule has 2 fully saturated rings. The highest BCUT2D eigenvalue weighted by Gasteiger charge is 2.42. The summed E-state index contributed by atoms with van der Waals surface area (Å²) >= 11 is 3.34. The molecule has 5 heteroatoms. The first-order valence-electron chi connectivity index (χ1n) is 8.36. The summed E-state index contributed by atoms with van der Waals surface area (Å²) in [5.74, 6) is 1.93. The SMILES string of the molecule is CC(NC(=O)CNC(=O)c1cccc(Br)c1)C1CC2CCC1C2. The molecule has 4 nitrogen and oxygen atoms in total. The molecular formula is C18H23BrN2O2. The summed E-state index contributed by atoms with van der Waals surface area (Å²) in [5, 5.41) is 5.75. The summed E-state index contributed by atoms with van der Waals surface area (Å²) in [7, 11) is 0. The van der Waals surface area contributed by atoms with Crippen molar-refractivity contribution in [1.29, 1.82) is 0 Å². The summed E-state index contributed by atoms with van der Waals surface area (Å²) in [6, 6.07) is 7.33. The molecule has 0 aromatic heterocycles. The number of halogens is 1. The maximum atomic E-state index is 12.1. The van der Waals surface area contributed by atoms with E-state index in [0.29, 0.717) is 11.5 Å². The molecule has 1 aromatic carbocycles. The first-order chi connectivity index (χ1) is 11.0. The number of benzene rings is 1. The van der Waals surface area contributed by atoms with Crippen molar-refractivity contribution in [1.82, 2.24) is 10.6 Å². The first kappa shape index (κ1) is 16.5. The highest BCUT2D eigenvalue weighted by molar-refractivity contribution is 9.10. The lowest BCUT2D eigenvalue weighted by atomic mass is 9.84. The van der Waals surface area contributed by atoms with Crippen LogP contribution in [0, 0.1) is 17.8 Å². The number of rotatable bonds is 5. The van der Waals surface area contributed by atoms with Crippen LogP contribution in [0.2, 0.25) is 0 Å². The summed E-state index contributed by atoms with van der Waals surface area (Å²) in [4.78, 5) is 24.1. The Morgan fingerprint density at radius 2 is 2.13 bits per heavy atom. The van der Waals surface area contributed by atoms with Gasteiger partial charge >= 0.3 is 0 Å². The van der Waals surface area contributed by atoms with Crippen LogP contribution < -0.4 is 10.6 Å².